The summed E-state index contributed by atoms with van der Waals surface area (Å²) in [6, 6.07) is 15.7. The van der Waals surface area contributed by atoms with Crippen LogP contribution >= 0.6 is 11.6 Å². The lowest BCUT2D eigenvalue weighted by Crippen LogP contribution is -2.49. The standard InChI is InChI=1S/C26H32ClN5O/c1-3-14-32(15-13-24(33)31-18-16-30(4-2)17-19-31)26-21-10-6-8-12-23(21)28-25(29-26)20-9-5-7-11-22(20)27/h5-12H,3-4,13-19H2,1-2H3. The number of aromatic nitrogens is 2. The first-order valence-electron chi connectivity index (χ1n) is 11.9. The Hall–Kier alpha value is -2.70. The van der Waals surface area contributed by atoms with Crippen LogP contribution in [-0.2, 0) is 4.79 Å². The summed E-state index contributed by atoms with van der Waals surface area (Å²) in [5.74, 6) is 1.69. The summed E-state index contributed by atoms with van der Waals surface area (Å²) < 4.78 is 0. The highest BCUT2D eigenvalue weighted by molar-refractivity contribution is 6.33. The summed E-state index contributed by atoms with van der Waals surface area (Å²) in [5.41, 5.74) is 1.69. The molecule has 1 amide bonds. The zero-order valence-corrected chi connectivity index (χ0v) is 20.3. The quantitative estimate of drug-likeness (QED) is 0.481. The molecule has 0 N–H and O–H groups in total. The molecule has 0 saturated carbocycles. The summed E-state index contributed by atoms with van der Waals surface area (Å²) in [4.78, 5) is 29.3. The van der Waals surface area contributed by atoms with Gasteiger partial charge in [-0.3, -0.25) is 4.79 Å². The number of para-hydroxylation sites is 1. The van der Waals surface area contributed by atoms with Gasteiger partial charge < -0.3 is 14.7 Å². The number of piperazine rings is 1. The first-order valence-corrected chi connectivity index (χ1v) is 12.2. The first kappa shape index (κ1) is 23.5. The lowest BCUT2D eigenvalue weighted by Gasteiger charge is -2.34. The molecule has 2 heterocycles. The van der Waals surface area contributed by atoms with Crippen molar-refractivity contribution in [3.63, 3.8) is 0 Å². The summed E-state index contributed by atoms with van der Waals surface area (Å²) in [6.07, 6.45) is 1.44. The van der Waals surface area contributed by atoms with Gasteiger partial charge in [-0.25, -0.2) is 9.97 Å². The van der Waals surface area contributed by atoms with Crippen molar-refractivity contribution < 1.29 is 4.79 Å². The van der Waals surface area contributed by atoms with E-state index in [0.717, 1.165) is 68.0 Å². The molecule has 0 radical (unpaired) electrons. The molecule has 1 aromatic heterocycles. The Morgan fingerprint density at radius 3 is 2.42 bits per heavy atom. The van der Waals surface area contributed by atoms with Crippen LogP contribution in [0.2, 0.25) is 5.02 Å². The zero-order chi connectivity index (χ0) is 23.2. The molecule has 6 nitrogen and oxygen atoms in total. The Labute approximate surface area is 201 Å². The number of fused-ring (bicyclic) bond motifs is 1. The van der Waals surface area contributed by atoms with E-state index in [0.29, 0.717) is 23.8 Å². The van der Waals surface area contributed by atoms with Crippen LogP contribution < -0.4 is 4.90 Å². The largest absolute Gasteiger partial charge is 0.355 e. The minimum absolute atomic E-state index is 0.219. The minimum Gasteiger partial charge on any atom is -0.355 e. The average Bonchev–Trinajstić information content (AvgIpc) is 2.86. The Balaban J connectivity index is 1.60. The maximum atomic E-state index is 13.0. The molecule has 1 aliphatic heterocycles. The molecule has 1 aliphatic rings. The topological polar surface area (TPSA) is 52.6 Å². The molecule has 1 fully saturated rings. The molecule has 2 aromatic carbocycles. The van der Waals surface area contributed by atoms with Gasteiger partial charge >= 0.3 is 0 Å². The fourth-order valence-electron chi connectivity index (χ4n) is 4.36. The summed E-state index contributed by atoms with van der Waals surface area (Å²) >= 11 is 6.47. The van der Waals surface area contributed by atoms with Gasteiger partial charge in [-0.05, 0) is 37.2 Å². The van der Waals surface area contributed by atoms with Crippen LogP contribution in [0.5, 0.6) is 0 Å². The smallest absolute Gasteiger partial charge is 0.224 e. The van der Waals surface area contributed by atoms with Crippen molar-refractivity contribution in [2.24, 2.45) is 0 Å². The van der Waals surface area contributed by atoms with Crippen LogP contribution in [0.1, 0.15) is 26.7 Å². The van der Waals surface area contributed by atoms with Gasteiger partial charge in [0.15, 0.2) is 5.82 Å². The van der Waals surface area contributed by atoms with E-state index >= 15 is 0 Å². The van der Waals surface area contributed by atoms with Crippen molar-refractivity contribution in [3.8, 4) is 11.4 Å². The fraction of sp³-hybridized carbons (Fsp3) is 0.423. The van der Waals surface area contributed by atoms with Gasteiger partial charge in [0.2, 0.25) is 5.91 Å². The van der Waals surface area contributed by atoms with Gasteiger partial charge in [0.1, 0.15) is 5.82 Å². The summed E-state index contributed by atoms with van der Waals surface area (Å²) in [5, 5.41) is 1.62. The number of halogens is 1. The van der Waals surface area contributed by atoms with E-state index in [-0.39, 0.29) is 5.91 Å². The molecular formula is C26H32ClN5O. The number of rotatable bonds is 8. The third-order valence-corrected chi connectivity index (χ3v) is 6.59. The van der Waals surface area contributed by atoms with Crippen LogP contribution in [-0.4, -0.2) is 71.5 Å². The lowest BCUT2D eigenvalue weighted by atomic mass is 10.1. The number of hydrogen-bond donors (Lipinski definition) is 0. The second-order valence-corrected chi connectivity index (χ2v) is 8.83. The van der Waals surface area contributed by atoms with Crippen molar-refractivity contribution in [2.45, 2.75) is 26.7 Å². The van der Waals surface area contributed by atoms with E-state index < -0.39 is 0 Å². The third-order valence-electron chi connectivity index (χ3n) is 6.26. The zero-order valence-electron chi connectivity index (χ0n) is 19.5. The highest BCUT2D eigenvalue weighted by Gasteiger charge is 2.22. The van der Waals surface area contributed by atoms with Crippen LogP contribution in [0.3, 0.4) is 0 Å². The molecule has 0 bridgehead atoms. The molecular weight excluding hydrogens is 434 g/mol. The Morgan fingerprint density at radius 2 is 1.70 bits per heavy atom. The number of benzene rings is 2. The maximum Gasteiger partial charge on any atom is 0.224 e. The van der Waals surface area contributed by atoms with Gasteiger partial charge in [-0.2, -0.15) is 0 Å². The molecule has 174 valence electrons. The first-order chi connectivity index (χ1) is 16.1. The molecule has 3 aromatic rings. The maximum absolute atomic E-state index is 13.0. The van der Waals surface area contributed by atoms with E-state index in [2.05, 4.69) is 29.7 Å². The number of carbonyl (C=O) groups is 1. The predicted molar refractivity (Wildman–Crippen MR) is 136 cm³/mol. The fourth-order valence-corrected chi connectivity index (χ4v) is 4.58. The molecule has 0 atom stereocenters. The van der Waals surface area contributed by atoms with E-state index in [1.165, 1.54) is 0 Å². The number of carbonyl (C=O) groups excluding carboxylic acids is 1. The number of hydrogen-bond acceptors (Lipinski definition) is 5. The predicted octanol–water partition coefficient (Wildman–Crippen LogP) is 4.72. The molecule has 0 aliphatic carbocycles. The van der Waals surface area contributed by atoms with Crippen molar-refractivity contribution in [1.29, 1.82) is 0 Å². The molecule has 7 heteroatoms. The number of amides is 1. The van der Waals surface area contributed by atoms with E-state index in [1.54, 1.807) is 0 Å². The molecule has 0 spiro atoms. The van der Waals surface area contributed by atoms with Crippen molar-refractivity contribution >= 4 is 34.2 Å². The number of nitrogens with zero attached hydrogens (tertiary/aromatic N) is 5. The summed E-state index contributed by atoms with van der Waals surface area (Å²) in [6.45, 7) is 10.4. The van der Waals surface area contributed by atoms with Crippen LogP contribution in [0, 0.1) is 0 Å². The van der Waals surface area contributed by atoms with Crippen molar-refractivity contribution in [2.75, 3.05) is 50.7 Å². The normalized spacial score (nSPS) is 14.6. The molecule has 1 saturated heterocycles. The van der Waals surface area contributed by atoms with Crippen LogP contribution in [0.15, 0.2) is 48.5 Å². The van der Waals surface area contributed by atoms with Crippen LogP contribution in [0.25, 0.3) is 22.3 Å². The van der Waals surface area contributed by atoms with Gasteiger partial charge in [0.05, 0.1) is 10.5 Å². The van der Waals surface area contributed by atoms with Gasteiger partial charge in [0, 0.05) is 56.6 Å². The Kier molecular flexibility index (Phi) is 7.78. The Morgan fingerprint density at radius 1 is 0.970 bits per heavy atom. The Bertz CT molecular complexity index is 1100. The number of likely N-dealkylation sites (N-methyl/N-ethyl adjacent to an activating group) is 1. The van der Waals surface area contributed by atoms with Gasteiger partial charge in [0.25, 0.3) is 0 Å². The highest BCUT2D eigenvalue weighted by atomic mass is 35.5. The lowest BCUT2D eigenvalue weighted by molar-refractivity contribution is -0.132. The minimum atomic E-state index is 0.219. The molecule has 0 unspecified atom stereocenters. The average molecular weight is 466 g/mol. The van der Waals surface area contributed by atoms with E-state index in [1.807, 2.05) is 47.4 Å². The van der Waals surface area contributed by atoms with Crippen molar-refractivity contribution in [3.05, 3.63) is 53.6 Å². The monoisotopic (exact) mass is 465 g/mol. The van der Waals surface area contributed by atoms with Crippen LogP contribution in [0.4, 0.5) is 5.82 Å². The second-order valence-electron chi connectivity index (χ2n) is 8.42. The number of anilines is 1. The second kappa shape index (κ2) is 10.9. The van der Waals surface area contributed by atoms with E-state index in [9.17, 15) is 4.79 Å². The third kappa shape index (κ3) is 5.45. The highest BCUT2D eigenvalue weighted by Crippen LogP contribution is 2.31. The molecule has 33 heavy (non-hydrogen) atoms. The molecule has 4 rings (SSSR count). The van der Waals surface area contributed by atoms with Gasteiger partial charge in [-0.1, -0.05) is 49.7 Å². The SMILES string of the molecule is CCCN(CCC(=O)N1CCN(CC)CC1)c1nc(-c2ccccc2Cl)nc2ccccc12. The van der Waals surface area contributed by atoms with E-state index in [4.69, 9.17) is 21.6 Å². The van der Waals surface area contributed by atoms with Gasteiger partial charge in [-0.15, -0.1) is 0 Å². The summed E-state index contributed by atoms with van der Waals surface area (Å²) in [7, 11) is 0. The van der Waals surface area contributed by atoms with Crippen molar-refractivity contribution in [1.82, 2.24) is 19.8 Å².